The predicted molar refractivity (Wildman–Crippen MR) is 85.5 cm³/mol. The van der Waals surface area contributed by atoms with Crippen LogP contribution in [0.3, 0.4) is 0 Å². The van der Waals surface area contributed by atoms with Crippen molar-refractivity contribution in [2.24, 2.45) is 0 Å². The van der Waals surface area contributed by atoms with Gasteiger partial charge in [0, 0.05) is 5.56 Å². The van der Waals surface area contributed by atoms with E-state index in [1.807, 2.05) is 6.92 Å². The maximum Gasteiger partial charge on any atom is 0.416 e. The van der Waals surface area contributed by atoms with Crippen LogP contribution >= 0.6 is 0 Å². The molecular formula is C17H13F3N4O. The summed E-state index contributed by atoms with van der Waals surface area (Å²) in [5.41, 5.74) is 0.721. The van der Waals surface area contributed by atoms with E-state index < -0.39 is 17.6 Å². The first-order chi connectivity index (χ1) is 11.8. The van der Waals surface area contributed by atoms with Gasteiger partial charge in [0.1, 0.15) is 12.7 Å². The molecule has 0 bridgehead atoms. The van der Waals surface area contributed by atoms with Gasteiger partial charge in [0.05, 0.1) is 16.9 Å². The number of hydrogen-bond acceptors (Lipinski definition) is 3. The first-order valence-electron chi connectivity index (χ1n) is 7.29. The first kappa shape index (κ1) is 16.7. The molecule has 0 unspecified atom stereocenters. The Morgan fingerprint density at radius 1 is 1.12 bits per heavy atom. The van der Waals surface area contributed by atoms with Crippen LogP contribution in [-0.4, -0.2) is 20.7 Å². The largest absolute Gasteiger partial charge is 0.416 e. The third-order valence-electron chi connectivity index (χ3n) is 3.55. The summed E-state index contributed by atoms with van der Waals surface area (Å²) < 4.78 is 40.3. The molecule has 0 atom stereocenters. The van der Waals surface area contributed by atoms with Crippen LogP contribution < -0.4 is 5.32 Å². The Kier molecular flexibility index (Phi) is 4.26. The topological polar surface area (TPSA) is 59.8 Å². The Balaban J connectivity index is 2.00. The maximum absolute atomic E-state index is 13.0. The Morgan fingerprint density at radius 3 is 2.44 bits per heavy atom. The molecule has 1 N–H and O–H groups in total. The number of rotatable bonds is 3. The molecule has 0 aliphatic heterocycles. The summed E-state index contributed by atoms with van der Waals surface area (Å²) in [6.45, 7) is 1.87. The lowest BCUT2D eigenvalue weighted by Crippen LogP contribution is -2.15. The predicted octanol–water partition coefficient (Wildman–Crippen LogP) is 3.85. The van der Waals surface area contributed by atoms with Crippen molar-refractivity contribution in [2.45, 2.75) is 13.1 Å². The summed E-state index contributed by atoms with van der Waals surface area (Å²) >= 11 is 0. The zero-order chi connectivity index (χ0) is 18.0. The fraction of sp³-hybridized carbons (Fsp3) is 0.118. The zero-order valence-corrected chi connectivity index (χ0v) is 13.1. The van der Waals surface area contributed by atoms with Crippen molar-refractivity contribution in [1.29, 1.82) is 0 Å². The highest BCUT2D eigenvalue weighted by Gasteiger charge is 2.31. The van der Waals surface area contributed by atoms with E-state index in [0.29, 0.717) is 5.56 Å². The van der Waals surface area contributed by atoms with Crippen LogP contribution in [0.25, 0.3) is 5.69 Å². The summed E-state index contributed by atoms with van der Waals surface area (Å²) in [5, 5.41) is 6.42. The average molecular weight is 346 g/mol. The molecular weight excluding hydrogens is 333 g/mol. The summed E-state index contributed by atoms with van der Waals surface area (Å²) in [7, 11) is 0. The zero-order valence-electron chi connectivity index (χ0n) is 13.1. The monoisotopic (exact) mass is 346 g/mol. The van der Waals surface area contributed by atoms with Gasteiger partial charge in [-0.25, -0.2) is 9.67 Å². The van der Waals surface area contributed by atoms with Crippen LogP contribution in [0.15, 0.2) is 55.1 Å². The summed E-state index contributed by atoms with van der Waals surface area (Å²) in [6, 6.07) is 9.75. The Labute approximate surface area is 141 Å². The van der Waals surface area contributed by atoms with Gasteiger partial charge in [-0.2, -0.15) is 18.3 Å². The number of benzene rings is 2. The molecule has 128 valence electrons. The number of halogens is 3. The van der Waals surface area contributed by atoms with Gasteiger partial charge in [-0.15, -0.1) is 0 Å². The molecule has 0 aliphatic rings. The van der Waals surface area contributed by atoms with Crippen molar-refractivity contribution in [3.8, 4) is 5.69 Å². The standard InChI is InChI=1S/C17H13F3N4O/c1-11-2-4-12(5-3-11)16(25)23-14-8-13(17(18,19)20)6-7-15(14)24-10-21-9-22-24/h2-10H,1H3,(H,23,25). The third kappa shape index (κ3) is 3.68. The van der Waals surface area contributed by atoms with E-state index in [1.165, 1.54) is 23.4 Å². The molecule has 0 aliphatic carbocycles. The summed E-state index contributed by atoms with van der Waals surface area (Å²) in [4.78, 5) is 16.1. The molecule has 0 fully saturated rings. The van der Waals surface area contributed by atoms with Gasteiger partial charge in [-0.3, -0.25) is 4.79 Å². The SMILES string of the molecule is Cc1ccc(C(=O)Nc2cc(C(F)(F)F)ccc2-n2cncn2)cc1. The van der Waals surface area contributed by atoms with Gasteiger partial charge in [-0.1, -0.05) is 17.7 Å². The van der Waals surface area contributed by atoms with E-state index in [4.69, 9.17) is 0 Å². The number of alkyl halides is 3. The fourth-order valence-electron chi connectivity index (χ4n) is 2.24. The molecule has 25 heavy (non-hydrogen) atoms. The van der Waals surface area contributed by atoms with E-state index in [1.54, 1.807) is 24.3 Å². The number of carbonyl (C=O) groups is 1. The minimum Gasteiger partial charge on any atom is -0.320 e. The Hall–Kier alpha value is -3.16. The number of aryl methyl sites for hydroxylation is 1. The molecule has 2 aromatic carbocycles. The van der Waals surface area contributed by atoms with Crippen molar-refractivity contribution in [2.75, 3.05) is 5.32 Å². The molecule has 0 spiro atoms. The number of nitrogens with one attached hydrogen (secondary N) is 1. The molecule has 0 saturated carbocycles. The minimum atomic E-state index is -4.52. The molecule has 5 nitrogen and oxygen atoms in total. The molecule has 1 heterocycles. The number of aromatic nitrogens is 3. The van der Waals surface area contributed by atoms with Gasteiger partial charge < -0.3 is 5.32 Å². The summed E-state index contributed by atoms with van der Waals surface area (Å²) in [6.07, 6.45) is -1.93. The molecule has 3 aromatic rings. The Bertz CT molecular complexity index is 887. The van der Waals surface area contributed by atoms with E-state index in [-0.39, 0.29) is 11.4 Å². The molecule has 0 radical (unpaired) electrons. The second-order valence-electron chi connectivity index (χ2n) is 5.39. The van der Waals surface area contributed by atoms with Gasteiger partial charge in [0.25, 0.3) is 5.91 Å². The van der Waals surface area contributed by atoms with Crippen LogP contribution in [0.1, 0.15) is 21.5 Å². The van der Waals surface area contributed by atoms with Crippen LogP contribution in [0.2, 0.25) is 0 Å². The average Bonchev–Trinajstić information content (AvgIpc) is 3.08. The van der Waals surface area contributed by atoms with Gasteiger partial charge in [0.2, 0.25) is 0 Å². The van der Waals surface area contributed by atoms with Crippen LogP contribution in [-0.2, 0) is 6.18 Å². The van der Waals surface area contributed by atoms with Crippen LogP contribution in [0, 0.1) is 6.92 Å². The van der Waals surface area contributed by atoms with Crippen molar-refractivity contribution >= 4 is 11.6 Å². The highest BCUT2D eigenvalue weighted by molar-refractivity contribution is 6.05. The Morgan fingerprint density at radius 2 is 1.84 bits per heavy atom. The van der Waals surface area contributed by atoms with E-state index in [0.717, 1.165) is 17.7 Å². The van der Waals surface area contributed by atoms with E-state index >= 15 is 0 Å². The molecule has 0 saturated heterocycles. The van der Waals surface area contributed by atoms with Crippen LogP contribution in [0.4, 0.5) is 18.9 Å². The first-order valence-corrected chi connectivity index (χ1v) is 7.29. The quantitative estimate of drug-likeness (QED) is 0.784. The van der Waals surface area contributed by atoms with Crippen LogP contribution in [0.5, 0.6) is 0 Å². The second kappa shape index (κ2) is 6.39. The minimum absolute atomic E-state index is 0.00843. The third-order valence-corrected chi connectivity index (χ3v) is 3.55. The lowest BCUT2D eigenvalue weighted by molar-refractivity contribution is -0.137. The smallest absolute Gasteiger partial charge is 0.320 e. The molecule has 1 aromatic heterocycles. The number of amides is 1. The van der Waals surface area contributed by atoms with Gasteiger partial charge in [-0.05, 0) is 37.3 Å². The lowest BCUT2D eigenvalue weighted by Gasteiger charge is -2.14. The molecule has 1 amide bonds. The van der Waals surface area contributed by atoms with Crippen molar-refractivity contribution in [1.82, 2.24) is 14.8 Å². The number of carbonyl (C=O) groups excluding carboxylic acids is 1. The summed E-state index contributed by atoms with van der Waals surface area (Å²) in [5.74, 6) is -0.513. The normalized spacial score (nSPS) is 11.4. The number of anilines is 1. The van der Waals surface area contributed by atoms with Crippen molar-refractivity contribution in [3.05, 3.63) is 71.8 Å². The highest BCUT2D eigenvalue weighted by Crippen LogP contribution is 2.33. The highest BCUT2D eigenvalue weighted by atomic mass is 19.4. The van der Waals surface area contributed by atoms with Crippen molar-refractivity contribution in [3.63, 3.8) is 0 Å². The number of hydrogen-bond donors (Lipinski definition) is 1. The lowest BCUT2D eigenvalue weighted by atomic mass is 10.1. The molecule has 3 rings (SSSR count). The fourth-order valence-corrected chi connectivity index (χ4v) is 2.24. The van der Waals surface area contributed by atoms with E-state index in [2.05, 4.69) is 15.4 Å². The van der Waals surface area contributed by atoms with Gasteiger partial charge in [0.15, 0.2) is 0 Å². The van der Waals surface area contributed by atoms with E-state index in [9.17, 15) is 18.0 Å². The second-order valence-corrected chi connectivity index (χ2v) is 5.39. The maximum atomic E-state index is 13.0. The van der Waals surface area contributed by atoms with Gasteiger partial charge >= 0.3 is 6.18 Å². The number of nitrogens with zero attached hydrogens (tertiary/aromatic N) is 3. The van der Waals surface area contributed by atoms with Crippen molar-refractivity contribution < 1.29 is 18.0 Å². The molecule has 8 heteroatoms.